The van der Waals surface area contributed by atoms with Crippen LogP contribution in [0.5, 0.6) is 0 Å². The Hall–Kier alpha value is -1.67. The van der Waals surface area contributed by atoms with Gasteiger partial charge in [0.25, 0.3) is 5.69 Å². The predicted octanol–water partition coefficient (Wildman–Crippen LogP) is 1.92. The Kier molecular flexibility index (Phi) is 5.59. The summed E-state index contributed by atoms with van der Waals surface area (Å²) in [6.45, 7) is 6.74. The van der Waals surface area contributed by atoms with Crippen LogP contribution in [0, 0.1) is 10.1 Å². The van der Waals surface area contributed by atoms with Crippen molar-refractivity contribution < 1.29 is 13.3 Å². The molecule has 7 nitrogen and oxygen atoms in total. The van der Waals surface area contributed by atoms with Crippen LogP contribution in [0.3, 0.4) is 0 Å². The van der Waals surface area contributed by atoms with E-state index in [0.29, 0.717) is 5.69 Å². The highest BCUT2D eigenvalue weighted by atomic mass is 32.2. The zero-order valence-electron chi connectivity index (χ0n) is 13.6. The molecule has 0 saturated carbocycles. The zero-order chi connectivity index (χ0) is 17.0. The number of nitrogens with zero attached hydrogens (tertiary/aromatic N) is 3. The van der Waals surface area contributed by atoms with Gasteiger partial charge in [0.2, 0.25) is 0 Å². The number of hydrogen-bond donors (Lipinski definition) is 0. The Balaban J connectivity index is 2.27. The van der Waals surface area contributed by atoms with E-state index in [2.05, 4.69) is 16.7 Å². The Labute approximate surface area is 137 Å². The van der Waals surface area contributed by atoms with Crippen LogP contribution >= 0.6 is 0 Å². The monoisotopic (exact) mass is 341 g/mol. The molecule has 1 saturated heterocycles. The van der Waals surface area contributed by atoms with E-state index in [0.717, 1.165) is 51.8 Å². The van der Waals surface area contributed by atoms with Gasteiger partial charge in [-0.3, -0.25) is 10.1 Å². The lowest BCUT2D eigenvalue weighted by molar-refractivity contribution is -0.387. The molecule has 0 N–H and O–H groups in total. The van der Waals surface area contributed by atoms with Gasteiger partial charge in [0.15, 0.2) is 9.84 Å². The molecule has 1 aliphatic heterocycles. The topological polar surface area (TPSA) is 83.8 Å². The fourth-order valence-corrected chi connectivity index (χ4v) is 3.76. The number of hydrogen-bond acceptors (Lipinski definition) is 6. The number of benzene rings is 1. The zero-order valence-corrected chi connectivity index (χ0v) is 14.4. The minimum absolute atomic E-state index is 0.228. The van der Waals surface area contributed by atoms with Crippen molar-refractivity contribution in [3.63, 3.8) is 0 Å². The summed E-state index contributed by atoms with van der Waals surface area (Å²) in [5.41, 5.74) is 0.363. The smallest absolute Gasteiger partial charge is 0.290 e. The van der Waals surface area contributed by atoms with E-state index in [9.17, 15) is 18.5 Å². The molecule has 0 aromatic heterocycles. The number of sulfone groups is 1. The third-order valence-electron chi connectivity index (χ3n) is 4.03. The Bertz CT molecular complexity index is 675. The van der Waals surface area contributed by atoms with E-state index >= 15 is 0 Å². The van der Waals surface area contributed by atoms with Crippen LogP contribution in [0.4, 0.5) is 11.4 Å². The minimum atomic E-state index is -3.62. The van der Waals surface area contributed by atoms with Gasteiger partial charge in [-0.25, -0.2) is 8.42 Å². The van der Waals surface area contributed by atoms with Crippen LogP contribution in [-0.4, -0.2) is 57.2 Å². The SMILES string of the molecule is CCCN1CCCN(c2ccc(S(C)(=O)=O)c([N+](=O)[O-])c2)CC1. The lowest BCUT2D eigenvalue weighted by Crippen LogP contribution is -2.31. The van der Waals surface area contributed by atoms with Crippen molar-refractivity contribution in [3.8, 4) is 0 Å². The van der Waals surface area contributed by atoms with Gasteiger partial charge in [-0.15, -0.1) is 0 Å². The van der Waals surface area contributed by atoms with Crippen molar-refractivity contribution in [2.24, 2.45) is 0 Å². The maximum absolute atomic E-state index is 11.7. The van der Waals surface area contributed by atoms with Gasteiger partial charge in [-0.1, -0.05) is 6.92 Å². The van der Waals surface area contributed by atoms with Crippen LogP contribution in [0.25, 0.3) is 0 Å². The maximum atomic E-state index is 11.7. The molecular weight excluding hydrogens is 318 g/mol. The average molecular weight is 341 g/mol. The van der Waals surface area contributed by atoms with Crippen molar-refractivity contribution in [1.29, 1.82) is 0 Å². The Morgan fingerprint density at radius 3 is 2.57 bits per heavy atom. The molecule has 0 radical (unpaired) electrons. The minimum Gasteiger partial charge on any atom is -0.370 e. The average Bonchev–Trinajstić information content (AvgIpc) is 2.72. The first-order valence-electron chi connectivity index (χ1n) is 7.78. The molecule has 0 aliphatic carbocycles. The first-order chi connectivity index (χ1) is 10.8. The van der Waals surface area contributed by atoms with Crippen molar-refractivity contribution >= 4 is 21.2 Å². The molecule has 1 aromatic carbocycles. The second-order valence-electron chi connectivity index (χ2n) is 5.86. The van der Waals surface area contributed by atoms with E-state index in [4.69, 9.17) is 0 Å². The van der Waals surface area contributed by atoms with E-state index in [1.54, 1.807) is 6.07 Å². The van der Waals surface area contributed by atoms with Gasteiger partial charge in [-0.2, -0.15) is 0 Å². The molecule has 1 fully saturated rings. The third kappa shape index (κ3) is 4.42. The van der Waals surface area contributed by atoms with Crippen LogP contribution in [0.1, 0.15) is 19.8 Å². The molecule has 1 aromatic rings. The molecule has 23 heavy (non-hydrogen) atoms. The highest BCUT2D eigenvalue weighted by Crippen LogP contribution is 2.29. The van der Waals surface area contributed by atoms with Gasteiger partial charge in [0.1, 0.15) is 4.90 Å². The van der Waals surface area contributed by atoms with Gasteiger partial charge in [0.05, 0.1) is 4.92 Å². The van der Waals surface area contributed by atoms with E-state index in [1.165, 1.54) is 12.1 Å². The molecule has 128 valence electrons. The summed E-state index contributed by atoms with van der Waals surface area (Å²) in [5, 5.41) is 11.2. The van der Waals surface area contributed by atoms with Crippen molar-refractivity contribution in [2.45, 2.75) is 24.7 Å². The maximum Gasteiger partial charge on any atom is 0.290 e. The van der Waals surface area contributed by atoms with Crippen molar-refractivity contribution in [2.75, 3.05) is 43.9 Å². The molecule has 1 heterocycles. The summed E-state index contributed by atoms with van der Waals surface area (Å²) >= 11 is 0. The summed E-state index contributed by atoms with van der Waals surface area (Å²) in [5.74, 6) is 0. The van der Waals surface area contributed by atoms with Gasteiger partial charge >= 0.3 is 0 Å². The Morgan fingerprint density at radius 1 is 1.22 bits per heavy atom. The largest absolute Gasteiger partial charge is 0.370 e. The third-order valence-corrected chi connectivity index (χ3v) is 5.18. The van der Waals surface area contributed by atoms with Crippen LogP contribution in [0.2, 0.25) is 0 Å². The van der Waals surface area contributed by atoms with Crippen molar-refractivity contribution in [1.82, 2.24) is 4.90 Å². The Morgan fingerprint density at radius 2 is 1.96 bits per heavy atom. The fourth-order valence-electron chi connectivity index (χ4n) is 2.93. The highest BCUT2D eigenvalue weighted by molar-refractivity contribution is 7.90. The van der Waals surface area contributed by atoms with Crippen LogP contribution < -0.4 is 4.90 Å². The summed E-state index contributed by atoms with van der Waals surface area (Å²) in [6.07, 6.45) is 3.08. The molecule has 1 aliphatic rings. The van der Waals surface area contributed by atoms with Gasteiger partial charge in [0, 0.05) is 37.6 Å². The van der Waals surface area contributed by atoms with Crippen LogP contribution in [-0.2, 0) is 9.84 Å². The molecule has 0 bridgehead atoms. The van der Waals surface area contributed by atoms with E-state index < -0.39 is 14.8 Å². The highest BCUT2D eigenvalue weighted by Gasteiger charge is 2.24. The first-order valence-corrected chi connectivity index (χ1v) is 9.68. The van der Waals surface area contributed by atoms with E-state index in [-0.39, 0.29) is 10.6 Å². The summed E-state index contributed by atoms with van der Waals surface area (Å²) in [4.78, 5) is 14.9. The van der Waals surface area contributed by atoms with Gasteiger partial charge < -0.3 is 9.80 Å². The standard InChI is InChI=1S/C15H23N3O4S/c1-3-7-16-8-4-9-17(11-10-16)13-5-6-15(23(2,21)22)14(12-13)18(19)20/h5-6,12H,3-4,7-11H2,1-2H3. The predicted molar refractivity (Wildman–Crippen MR) is 89.8 cm³/mol. The molecular formula is C15H23N3O4S. The molecule has 0 amide bonds. The summed E-state index contributed by atoms with van der Waals surface area (Å²) < 4.78 is 23.4. The number of nitro groups is 1. The molecule has 0 unspecified atom stereocenters. The van der Waals surface area contributed by atoms with Crippen molar-refractivity contribution in [3.05, 3.63) is 28.3 Å². The fraction of sp³-hybridized carbons (Fsp3) is 0.600. The molecule has 2 rings (SSSR count). The number of rotatable bonds is 5. The first kappa shape index (κ1) is 17.7. The van der Waals surface area contributed by atoms with Crippen LogP contribution in [0.15, 0.2) is 23.1 Å². The normalized spacial score (nSPS) is 17.0. The summed E-state index contributed by atoms with van der Waals surface area (Å²) in [7, 11) is -3.62. The molecule has 0 spiro atoms. The van der Waals surface area contributed by atoms with Gasteiger partial charge in [-0.05, 0) is 38.1 Å². The second-order valence-corrected chi connectivity index (χ2v) is 7.85. The lowest BCUT2D eigenvalue weighted by atomic mass is 10.2. The van der Waals surface area contributed by atoms with E-state index in [1.807, 2.05) is 0 Å². The molecule has 8 heteroatoms. The number of anilines is 1. The summed E-state index contributed by atoms with van der Waals surface area (Å²) in [6, 6.07) is 4.39. The number of nitro benzene ring substituents is 1. The second kappa shape index (κ2) is 7.27. The molecule has 0 atom stereocenters. The lowest BCUT2D eigenvalue weighted by Gasteiger charge is -2.23. The quantitative estimate of drug-likeness (QED) is 0.601.